The maximum Gasteiger partial charge on any atom is 0.265 e. The van der Waals surface area contributed by atoms with Gasteiger partial charge >= 0.3 is 0 Å². The van der Waals surface area contributed by atoms with E-state index in [-0.39, 0.29) is 10.7 Å². The third-order valence-corrected chi connectivity index (χ3v) is 4.78. The van der Waals surface area contributed by atoms with Gasteiger partial charge in [0.2, 0.25) is 0 Å². The molecule has 0 atom stereocenters. The zero-order chi connectivity index (χ0) is 19.0. The van der Waals surface area contributed by atoms with Crippen molar-refractivity contribution in [1.82, 2.24) is 14.8 Å². The number of amides is 2. The molecule has 2 heterocycles. The molecular weight excluding hydrogens is 350 g/mol. The van der Waals surface area contributed by atoms with Gasteiger partial charge in [-0.2, -0.15) is 0 Å². The lowest BCUT2D eigenvalue weighted by atomic mass is 10.1. The van der Waals surface area contributed by atoms with Gasteiger partial charge in [0.25, 0.3) is 11.8 Å². The van der Waals surface area contributed by atoms with Crippen molar-refractivity contribution < 1.29 is 14.3 Å². The summed E-state index contributed by atoms with van der Waals surface area (Å²) >= 11 is 4.97. The van der Waals surface area contributed by atoms with E-state index in [1.807, 2.05) is 44.2 Å². The summed E-state index contributed by atoms with van der Waals surface area (Å²) in [4.78, 5) is 25.8. The van der Waals surface area contributed by atoms with Crippen molar-refractivity contribution in [1.29, 1.82) is 0 Å². The van der Waals surface area contributed by atoms with Crippen molar-refractivity contribution in [3.63, 3.8) is 0 Å². The molecule has 6 nitrogen and oxygen atoms in total. The average Bonchev–Trinajstić information content (AvgIpc) is 2.90. The Hall–Kier alpha value is -2.93. The number of rotatable bonds is 3. The summed E-state index contributed by atoms with van der Waals surface area (Å²) in [6, 6.07) is 9.64. The van der Waals surface area contributed by atoms with E-state index < -0.39 is 11.8 Å². The van der Waals surface area contributed by atoms with Crippen LogP contribution in [0.4, 0.5) is 0 Å². The first-order valence-electron chi connectivity index (χ1n) is 8.02. The van der Waals surface area contributed by atoms with Crippen LogP contribution in [0.1, 0.15) is 17.0 Å². The third kappa shape index (κ3) is 3.01. The van der Waals surface area contributed by atoms with Gasteiger partial charge in [0.1, 0.15) is 11.3 Å². The van der Waals surface area contributed by atoms with E-state index in [2.05, 4.69) is 9.88 Å². The first-order chi connectivity index (χ1) is 12.3. The molecule has 0 radical (unpaired) electrons. The van der Waals surface area contributed by atoms with E-state index in [4.69, 9.17) is 17.0 Å². The van der Waals surface area contributed by atoms with E-state index in [0.717, 1.165) is 28.4 Å². The summed E-state index contributed by atoms with van der Waals surface area (Å²) < 4.78 is 7.26. The highest BCUT2D eigenvalue weighted by Gasteiger charge is 2.31. The number of thiocarbonyl (C=S) groups is 1. The Labute approximate surface area is 157 Å². The lowest BCUT2D eigenvalue weighted by Gasteiger charge is -2.25. The zero-order valence-corrected chi connectivity index (χ0v) is 15.8. The fourth-order valence-electron chi connectivity index (χ4n) is 2.96. The van der Waals surface area contributed by atoms with Gasteiger partial charge in [-0.25, -0.2) is 0 Å². The van der Waals surface area contributed by atoms with Gasteiger partial charge in [-0.3, -0.25) is 19.8 Å². The van der Waals surface area contributed by atoms with Crippen molar-refractivity contribution in [3.8, 4) is 11.4 Å². The normalized spacial score (nSPS) is 16.2. The number of ether oxygens (including phenoxy) is 1. The van der Waals surface area contributed by atoms with Crippen molar-refractivity contribution >= 4 is 35.2 Å². The molecule has 134 valence electrons. The molecule has 1 fully saturated rings. The summed E-state index contributed by atoms with van der Waals surface area (Å²) in [5, 5.41) is 2.64. The van der Waals surface area contributed by atoms with Gasteiger partial charge in [0.05, 0.1) is 7.11 Å². The van der Waals surface area contributed by atoms with Crippen molar-refractivity contribution in [2.24, 2.45) is 0 Å². The maximum absolute atomic E-state index is 12.4. The van der Waals surface area contributed by atoms with Gasteiger partial charge < -0.3 is 9.30 Å². The molecular formula is C19H19N3O3S. The molecule has 26 heavy (non-hydrogen) atoms. The van der Waals surface area contributed by atoms with Gasteiger partial charge in [0.15, 0.2) is 5.11 Å². The molecule has 2 aromatic rings. The maximum atomic E-state index is 12.4. The number of aryl methyl sites for hydroxylation is 1. The largest absolute Gasteiger partial charge is 0.497 e. The van der Waals surface area contributed by atoms with Crippen LogP contribution in [-0.2, 0) is 9.59 Å². The van der Waals surface area contributed by atoms with Gasteiger partial charge in [-0.05, 0) is 68.0 Å². The van der Waals surface area contributed by atoms with Crippen LogP contribution in [-0.4, -0.2) is 40.6 Å². The Morgan fingerprint density at radius 3 is 2.42 bits per heavy atom. The first kappa shape index (κ1) is 17.9. The molecule has 2 amide bonds. The van der Waals surface area contributed by atoms with Crippen LogP contribution in [0.5, 0.6) is 5.75 Å². The number of methoxy groups -OCH3 is 1. The van der Waals surface area contributed by atoms with Crippen LogP contribution < -0.4 is 10.1 Å². The minimum absolute atomic E-state index is 0.0658. The number of carbonyl (C=O) groups excluding carboxylic acids is 2. The monoisotopic (exact) mass is 369 g/mol. The fraction of sp³-hybridized carbons (Fsp3) is 0.211. The molecule has 0 saturated carbocycles. The second-order valence-electron chi connectivity index (χ2n) is 6.04. The molecule has 3 rings (SSSR count). The number of aromatic nitrogens is 1. The zero-order valence-electron chi connectivity index (χ0n) is 15.0. The van der Waals surface area contributed by atoms with E-state index in [0.29, 0.717) is 0 Å². The molecule has 1 aromatic carbocycles. The Morgan fingerprint density at radius 1 is 1.15 bits per heavy atom. The van der Waals surface area contributed by atoms with E-state index in [1.165, 1.54) is 4.90 Å². The number of hydrogen-bond donors (Lipinski definition) is 1. The molecule has 0 bridgehead atoms. The number of nitrogens with zero attached hydrogens (tertiary/aromatic N) is 2. The molecule has 1 N–H and O–H groups in total. The summed E-state index contributed by atoms with van der Waals surface area (Å²) in [7, 11) is 3.17. The van der Waals surface area contributed by atoms with Crippen LogP contribution >= 0.6 is 12.2 Å². The Balaban J connectivity index is 2.03. The second-order valence-corrected chi connectivity index (χ2v) is 6.43. The van der Waals surface area contributed by atoms with Crippen LogP contribution in [0.3, 0.4) is 0 Å². The highest BCUT2D eigenvalue weighted by molar-refractivity contribution is 7.80. The number of carbonyl (C=O) groups is 2. The lowest BCUT2D eigenvalue weighted by molar-refractivity contribution is -0.128. The summed E-state index contributed by atoms with van der Waals surface area (Å²) in [6.07, 6.45) is 1.61. The Morgan fingerprint density at radius 2 is 1.81 bits per heavy atom. The fourth-order valence-corrected chi connectivity index (χ4v) is 3.14. The molecule has 1 aliphatic rings. The number of benzene rings is 1. The van der Waals surface area contributed by atoms with Crippen LogP contribution in [0.2, 0.25) is 0 Å². The van der Waals surface area contributed by atoms with Gasteiger partial charge in [-0.15, -0.1) is 0 Å². The van der Waals surface area contributed by atoms with Gasteiger partial charge in [-0.1, -0.05) is 0 Å². The second kappa shape index (κ2) is 6.76. The number of nitrogens with one attached hydrogen (secondary N) is 1. The molecule has 1 aromatic heterocycles. The third-order valence-electron chi connectivity index (χ3n) is 4.41. The quantitative estimate of drug-likeness (QED) is 0.513. The van der Waals surface area contributed by atoms with Crippen molar-refractivity contribution in [3.05, 3.63) is 52.9 Å². The minimum Gasteiger partial charge on any atom is -0.497 e. The van der Waals surface area contributed by atoms with Crippen molar-refractivity contribution in [2.75, 3.05) is 14.2 Å². The van der Waals surface area contributed by atoms with Crippen LogP contribution in [0, 0.1) is 13.8 Å². The summed E-state index contributed by atoms with van der Waals surface area (Å²) in [6.45, 7) is 3.92. The molecule has 0 aliphatic carbocycles. The molecule has 0 unspecified atom stereocenters. The molecule has 7 heteroatoms. The first-order valence-corrected chi connectivity index (χ1v) is 8.42. The standard InChI is InChI=1S/C19H19N3O3S/c1-11-9-13(10-16-17(23)20-19(26)21(3)18(16)24)12(2)22(11)14-5-7-15(25-4)8-6-14/h5-10H,1-4H3,(H,20,23,26). The van der Waals surface area contributed by atoms with E-state index >= 15 is 0 Å². The van der Waals surface area contributed by atoms with E-state index in [1.54, 1.807) is 20.2 Å². The topological polar surface area (TPSA) is 63.6 Å². The van der Waals surface area contributed by atoms with Crippen LogP contribution in [0.15, 0.2) is 35.9 Å². The smallest absolute Gasteiger partial charge is 0.265 e. The highest BCUT2D eigenvalue weighted by atomic mass is 32.1. The summed E-state index contributed by atoms with van der Waals surface area (Å²) in [5.74, 6) is -0.109. The Bertz CT molecular complexity index is 942. The van der Waals surface area contributed by atoms with E-state index in [9.17, 15) is 9.59 Å². The molecule has 1 saturated heterocycles. The minimum atomic E-state index is -0.479. The van der Waals surface area contributed by atoms with Gasteiger partial charge in [0, 0.05) is 24.1 Å². The predicted octanol–water partition coefficient (Wildman–Crippen LogP) is 2.36. The van der Waals surface area contributed by atoms with Crippen molar-refractivity contribution in [2.45, 2.75) is 13.8 Å². The number of likely N-dealkylation sites (N-methyl/N-ethyl adjacent to an activating group) is 1. The summed E-state index contributed by atoms with van der Waals surface area (Å²) in [5.41, 5.74) is 3.76. The SMILES string of the molecule is COc1ccc(-n2c(C)cc(C=C3C(=O)NC(=S)N(C)C3=O)c2C)cc1. The molecule has 0 spiro atoms. The van der Waals surface area contributed by atoms with Crippen LogP contribution in [0.25, 0.3) is 11.8 Å². The number of hydrogen-bond acceptors (Lipinski definition) is 4. The highest BCUT2D eigenvalue weighted by Crippen LogP contribution is 2.25. The molecule has 1 aliphatic heterocycles. The Kier molecular flexibility index (Phi) is 4.65. The lowest BCUT2D eigenvalue weighted by Crippen LogP contribution is -2.52. The predicted molar refractivity (Wildman–Crippen MR) is 103 cm³/mol. The average molecular weight is 369 g/mol.